The number of hydrogen-bond acceptors (Lipinski definition) is 7. The SMILES string of the molecule is CN(C)c1ccc(CNC(=O)[C@]2(Cc3ccccc3N=[N+]=[N-])N=C(c3ccc(OCCCO)cc3)O[C@@H]2c2ccc(Br)cc2)cc1. The maximum absolute atomic E-state index is 14.6. The summed E-state index contributed by atoms with van der Waals surface area (Å²) in [7, 11) is 3.95. The average Bonchev–Trinajstić information content (AvgIpc) is 3.46. The lowest BCUT2D eigenvalue weighted by molar-refractivity contribution is -0.129. The Balaban J connectivity index is 1.57. The number of aliphatic imine (C=N–C) groups is 1. The number of carbonyl (C=O) groups excluding carboxylic acids is 1. The van der Waals surface area contributed by atoms with E-state index in [0.717, 1.165) is 21.3 Å². The van der Waals surface area contributed by atoms with Gasteiger partial charge in [0.25, 0.3) is 5.91 Å². The molecular weight excluding hydrogens is 648 g/mol. The molecule has 5 rings (SSSR count). The highest BCUT2D eigenvalue weighted by Crippen LogP contribution is 2.44. The molecule has 0 fully saturated rings. The molecule has 1 amide bonds. The van der Waals surface area contributed by atoms with Gasteiger partial charge >= 0.3 is 0 Å². The van der Waals surface area contributed by atoms with Gasteiger partial charge < -0.3 is 24.8 Å². The Labute approximate surface area is 276 Å². The lowest BCUT2D eigenvalue weighted by Crippen LogP contribution is -2.49. The second kappa shape index (κ2) is 15.0. The smallest absolute Gasteiger partial charge is 0.252 e. The summed E-state index contributed by atoms with van der Waals surface area (Å²) in [6.45, 7) is 0.725. The number of halogens is 1. The number of amides is 1. The van der Waals surface area contributed by atoms with Crippen LogP contribution in [0.1, 0.15) is 34.8 Å². The maximum Gasteiger partial charge on any atom is 0.252 e. The van der Waals surface area contributed by atoms with E-state index < -0.39 is 11.6 Å². The minimum absolute atomic E-state index is 0.0501. The average molecular weight is 684 g/mol. The van der Waals surface area contributed by atoms with Gasteiger partial charge in [-0.3, -0.25) is 4.79 Å². The topological polar surface area (TPSA) is 132 Å². The molecule has 2 atom stereocenters. The van der Waals surface area contributed by atoms with Crippen LogP contribution in [0.4, 0.5) is 11.4 Å². The first-order valence-electron chi connectivity index (χ1n) is 14.9. The van der Waals surface area contributed by atoms with E-state index in [9.17, 15) is 10.3 Å². The highest BCUT2D eigenvalue weighted by molar-refractivity contribution is 9.10. The summed E-state index contributed by atoms with van der Waals surface area (Å²) in [6, 6.07) is 30.1. The first kappa shape index (κ1) is 32.6. The number of azide groups is 1. The minimum atomic E-state index is -1.45. The Morgan fingerprint density at radius 2 is 1.78 bits per heavy atom. The van der Waals surface area contributed by atoms with Gasteiger partial charge in [-0.25, -0.2) is 4.99 Å². The molecule has 0 saturated heterocycles. The summed E-state index contributed by atoms with van der Waals surface area (Å²) in [5, 5.41) is 16.1. The van der Waals surface area contributed by atoms with Crippen molar-refractivity contribution >= 4 is 39.1 Å². The summed E-state index contributed by atoms with van der Waals surface area (Å²) < 4.78 is 13.2. The molecule has 0 radical (unpaired) electrons. The van der Waals surface area contributed by atoms with Gasteiger partial charge in [-0.1, -0.05) is 69.6 Å². The normalized spacial score (nSPS) is 17.0. The zero-order chi connectivity index (χ0) is 32.5. The van der Waals surface area contributed by atoms with Crippen LogP contribution in [-0.2, 0) is 22.5 Å². The second-order valence-electron chi connectivity index (χ2n) is 11.1. The molecule has 0 aliphatic carbocycles. The number of nitrogens with one attached hydrogen (secondary N) is 1. The Morgan fingerprint density at radius 1 is 1.07 bits per heavy atom. The van der Waals surface area contributed by atoms with E-state index in [4.69, 9.17) is 19.6 Å². The lowest BCUT2D eigenvalue weighted by Gasteiger charge is -2.31. The van der Waals surface area contributed by atoms with Crippen molar-refractivity contribution in [3.8, 4) is 5.75 Å². The summed E-state index contributed by atoms with van der Waals surface area (Å²) >= 11 is 3.51. The van der Waals surface area contributed by atoms with E-state index in [1.165, 1.54) is 0 Å². The molecule has 0 aromatic heterocycles. The van der Waals surface area contributed by atoms with Crippen molar-refractivity contribution in [3.63, 3.8) is 0 Å². The minimum Gasteiger partial charge on any atom is -0.494 e. The summed E-state index contributed by atoms with van der Waals surface area (Å²) in [6.07, 6.45) is -0.159. The molecule has 0 saturated carbocycles. The van der Waals surface area contributed by atoms with Gasteiger partial charge in [0.15, 0.2) is 11.6 Å². The number of rotatable bonds is 13. The van der Waals surface area contributed by atoms with Gasteiger partial charge in [-0.15, -0.1) is 0 Å². The van der Waals surface area contributed by atoms with Crippen LogP contribution < -0.4 is 15.0 Å². The van der Waals surface area contributed by atoms with Crippen molar-refractivity contribution in [1.29, 1.82) is 0 Å². The van der Waals surface area contributed by atoms with E-state index >= 15 is 0 Å². The number of ether oxygens (including phenoxy) is 2. The zero-order valence-corrected chi connectivity index (χ0v) is 27.2. The van der Waals surface area contributed by atoms with E-state index in [2.05, 4.69) is 31.3 Å². The third kappa shape index (κ3) is 7.51. The van der Waals surface area contributed by atoms with Crippen LogP contribution >= 0.6 is 15.9 Å². The monoisotopic (exact) mass is 682 g/mol. The lowest BCUT2D eigenvalue weighted by atomic mass is 9.81. The quantitative estimate of drug-likeness (QED) is 0.0676. The Kier molecular flexibility index (Phi) is 10.6. The molecule has 4 aromatic rings. The van der Waals surface area contributed by atoms with Crippen molar-refractivity contribution < 1.29 is 19.4 Å². The number of benzene rings is 4. The third-order valence-electron chi connectivity index (χ3n) is 7.71. The molecule has 2 N–H and O–H groups in total. The van der Waals surface area contributed by atoms with Crippen molar-refractivity contribution in [2.45, 2.75) is 31.0 Å². The van der Waals surface area contributed by atoms with Crippen LogP contribution in [0.25, 0.3) is 10.4 Å². The second-order valence-corrected chi connectivity index (χ2v) is 12.0. The van der Waals surface area contributed by atoms with E-state index in [0.29, 0.717) is 41.5 Å². The number of hydrogen-bond donors (Lipinski definition) is 2. The summed E-state index contributed by atoms with van der Waals surface area (Å²) in [5.41, 5.74) is 12.3. The first-order chi connectivity index (χ1) is 22.3. The Morgan fingerprint density at radius 3 is 2.46 bits per heavy atom. The fourth-order valence-electron chi connectivity index (χ4n) is 5.26. The summed E-state index contributed by atoms with van der Waals surface area (Å²) in [5.74, 6) is 0.626. The molecule has 4 aromatic carbocycles. The largest absolute Gasteiger partial charge is 0.494 e. The first-order valence-corrected chi connectivity index (χ1v) is 15.7. The molecular formula is C35H35BrN6O4. The molecule has 11 heteroatoms. The van der Waals surface area contributed by atoms with E-state index in [1.54, 1.807) is 12.1 Å². The highest BCUT2D eigenvalue weighted by Gasteiger charge is 2.53. The van der Waals surface area contributed by atoms with Crippen LogP contribution in [0, 0.1) is 0 Å². The third-order valence-corrected chi connectivity index (χ3v) is 8.24. The predicted molar refractivity (Wildman–Crippen MR) is 182 cm³/mol. The van der Waals surface area contributed by atoms with Gasteiger partial charge in [0, 0.05) is 66.4 Å². The number of aliphatic hydroxyl groups excluding tert-OH is 1. The number of nitrogens with zero attached hydrogens (tertiary/aromatic N) is 5. The molecule has 10 nitrogen and oxygen atoms in total. The fraction of sp³-hybridized carbons (Fsp3) is 0.257. The van der Waals surface area contributed by atoms with Crippen LogP contribution in [0.3, 0.4) is 0 Å². The number of aliphatic hydroxyl groups is 1. The van der Waals surface area contributed by atoms with Crippen molar-refractivity contribution in [2.75, 3.05) is 32.2 Å². The van der Waals surface area contributed by atoms with Gasteiger partial charge in [0.05, 0.1) is 6.61 Å². The zero-order valence-electron chi connectivity index (χ0n) is 25.6. The molecule has 1 aliphatic heterocycles. The number of carbonyl (C=O) groups is 1. The van der Waals surface area contributed by atoms with Gasteiger partial charge in [-0.05, 0) is 70.8 Å². The standard InChI is InChI=1S/C35H35BrN6O4/c1-42(2)29-16-8-24(9-17-29)23-38-34(44)35(22-27-6-3-4-7-31(27)40-41-37)32(25-10-14-28(36)15-11-25)46-33(39-35)26-12-18-30(19-13-26)45-21-5-20-43/h3-4,6-19,32,43H,5,20-23H2,1-2H3,(H,38,44)/t32-,35-/m1/s1. The molecule has 0 spiro atoms. The van der Waals surface area contributed by atoms with Crippen molar-refractivity contribution in [1.82, 2.24) is 5.32 Å². The van der Waals surface area contributed by atoms with Gasteiger partial charge in [0.2, 0.25) is 5.90 Å². The van der Waals surface area contributed by atoms with Crippen LogP contribution in [0.2, 0.25) is 0 Å². The molecule has 1 heterocycles. The number of anilines is 1. The van der Waals surface area contributed by atoms with Crippen LogP contribution in [-0.4, -0.2) is 49.8 Å². The van der Waals surface area contributed by atoms with Crippen LogP contribution in [0.15, 0.2) is 112 Å². The highest BCUT2D eigenvalue weighted by atomic mass is 79.9. The predicted octanol–water partition coefficient (Wildman–Crippen LogP) is 7.03. The Bertz CT molecular complexity index is 1720. The van der Waals surface area contributed by atoms with E-state index in [1.807, 2.05) is 104 Å². The van der Waals surface area contributed by atoms with Gasteiger partial charge in [-0.2, -0.15) is 0 Å². The molecule has 0 unspecified atom stereocenters. The maximum atomic E-state index is 14.6. The fourth-order valence-corrected chi connectivity index (χ4v) is 5.53. The van der Waals surface area contributed by atoms with Crippen molar-refractivity contribution in [3.05, 3.63) is 134 Å². The molecule has 0 bridgehead atoms. The van der Waals surface area contributed by atoms with E-state index in [-0.39, 0.29) is 25.5 Å². The van der Waals surface area contributed by atoms with Gasteiger partial charge in [0.1, 0.15) is 5.75 Å². The Hall–Kier alpha value is -4.83. The molecule has 236 valence electrons. The molecule has 1 aliphatic rings. The van der Waals surface area contributed by atoms with Crippen LogP contribution in [0.5, 0.6) is 5.75 Å². The molecule has 46 heavy (non-hydrogen) atoms. The summed E-state index contributed by atoms with van der Waals surface area (Å²) in [4.78, 5) is 24.7. The van der Waals surface area contributed by atoms with Crippen molar-refractivity contribution in [2.24, 2.45) is 10.1 Å².